The molecule has 1 fully saturated rings. The van der Waals surface area contributed by atoms with Gasteiger partial charge >= 0.3 is 0 Å². The molecule has 7 nitrogen and oxygen atoms in total. The second kappa shape index (κ2) is 5.67. The number of anilines is 1. The molecule has 0 unspecified atom stereocenters. The Labute approximate surface area is 143 Å². The quantitative estimate of drug-likeness (QED) is 0.755. The zero-order chi connectivity index (χ0) is 16.7. The third kappa shape index (κ3) is 2.92. The molecule has 124 valence electrons. The Morgan fingerprint density at radius 1 is 1.25 bits per heavy atom. The first-order chi connectivity index (χ1) is 11.5. The molecule has 1 aromatic carbocycles. The minimum absolute atomic E-state index is 0.299. The molecule has 0 spiro atoms. The van der Waals surface area contributed by atoms with Crippen LogP contribution in [0.5, 0.6) is 0 Å². The predicted octanol–water partition coefficient (Wildman–Crippen LogP) is 2.85. The average molecular weight is 361 g/mol. The Morgan fingerprint density at radius 3 is 2.79 bits per heavy atom. The van der Waals surface area contributed by atoms with Gasteiger partial charge in [-0.2, -0.15) is 0 Å². The van der Waals surface area contributed by atoms with Crippen molar-refractivity contribution >= 4 is 27.0 Å². The third-order valence-corrected chi connectivity index (χ3v) is 6.61. The van der Waals surface area contributed by atoms with Gasteiger partial charge in [-0.3, -0.25) is 4.72 Å². The van der Waals surface area contributed by atoms with Crippen molar-refractivity contribution < 1.29 is 8.42 Å². The highest BCUT2D eigenvalue weighted by Gasteiger charge is 2.28. The minimum Gasteiger partial charge on any atom is -0.279 e. The lowest BCUT2D eigenvalue weighted by Crippen LogP contribution is -2.11. The molecule has 0 aliphatic heterocycles. The predicted molar refractivity (Wildman–Crippen MR) is 91.4 cm³/mol. The summed E-state index contributed by atoms with van der Waals surface area (Å²) in [6.45, 7) is 1.88. The van der Waals surface area contributed by atoms with Crippen LogP contribution in [0.4, 0.5) is 5.69 Å². The van der Waals surface area contributed by atoms with Gasteiger partial charge in [-0.15, -0.1) is 16.4 Å². The summed E-state index contributed by atoms with van der Waals surface area (Å²) in [4.78, 5) is 0.952. The topological polar surface area (TPSA) is 89.8 Å². The van der Waals surface area contributed by atoms with Crippen molar-refractivity contribution in [2.75, 3.05) is 4.72 Å². The molecule has 2 aromatic heterocycles. The van der Waals surface area contributed by atoms with Crippen LogP contribution in [0.1, 0.15) is 23.8 Å². The van der Waals surface area contributed by atoms with Crippen molar-refractivity contribution in [1.29, 1.82) is 0 Å². The van der Waals surface area contributed by atoms with E-state index in [4.69, 9.17) is 0 Å². The number of benzene rings is 1. The second-order valence-corrected chi connectivity index (χ2v) is 8.93. The fourth-order valence-electron chi connectivity index (χ4n) is 2.43. The molecule has 0 radical (unpaired) electrons. The Bertz CT molecular complexity index is 989. The van der Waals surface area contributed by atoms with Crippen molar-refractivity contribution in [3.8, 4) is 11.4 Å². The lowest BCUT2D eigenvalue weighted by molar-refractivity contribution is 0.603. The zero-order valence-corrected chi connectivity index (χ0v) is 14.5. The van der Waals surface area contributed by atoms with Crippen molar-refractivity contribution in [2.45, 2.75) is 30.0 Å². The normalized spacial score (nSPS) is 14.7. The van der Waals surface area contributed by atoms with Gasteiger partial charge in [0.25, 0.3) is 10.0 Å². The van der Waals surface area contributed by atoms with Crippen molar-refractivity contribution in [1.82, 2.24) is 20.2 Å². The van der Waals surface area contributed by atoms with Crippen molar-refractivity contribution in [3.05, 3.63) is 41.3 Å². The summed E-state index contributed by atoms with van der Waals surface area (Å²) in [7, 11) is -3.58. The van der Waals surface area contributed by atoms with E-state index in [1.807, 2.05) is 13.0 Å². The molecule has 1 N–H and O–H groups in total. The molecule has 2 heterocycles. The van der Waals surface area contributed by atoms with Crippen LogP contribution in [0.25, 0.3) is 11.4 Å². The highest BCUT2D eigenvalue weighted by atomic mass is 32.2. The monoisotopic (exact) mass is 361 g/mol. The van der Waals surface area contributed by atoms with Gasteiger partial charge in [-0.1, -0.05) is 12.1 Å². The molecule has 0 saturated heterocycles. The van der Waals surface area contributed by atoms with Crippen LogP contribution in [0.3, 0.4) is 0 Å². The molecule has 1 saturated carbocycles. The highest BCUT2D eigenvalue weighted by Crippen LogP contribution is 2.37. The maximum Gasteiger partial charge on any atom is 0.271 e. The minimum atomic E-state index is -3.58. The van der Waals surface area contributed by atoms with E-state index in [1.165, 1.54) is 11.3 Å². The van der Waals surface area contributed by atoms with Crippen LogP contribution < -0.4 is 4.72 Å². The van der Waals surface area contributed by atoms with Crippen LogP contribution in [-0.4, -0.2) is 28.6 Å². The van der Waals surface area contributed by atoms with Crippen LogP contribution in [0.2, 0.25) is 0 Å². The number of sulfonamides is 1. The van der Waals surface area contributed by atoms with Crippen LogP contribution in [0, 0.1) is 6.92 Å². The maximum atomic E-state index is 12.5. The summed E-state index contributed by atoms with van der Waals surface area (Å²) in [5.74, 6) is 0.658. The van der Waals surface area contributed by atoms with E-state index in [9.17, 15) is 8.42 Å². The Balaban J connectivity index is 1.64. The molecule has 1 aliphatic rings. The van der Waals surface area contributed by atoms with E-state index >= 15 is 0 Å². The van der Waals surface area contributed by atoms with Gasteiger partial charge in [0.2, 0.25) is 0 Å². The molecule has 9 heteroatoms. The van der Waals surface area contributed by atoms with E-state index in [0.29, 0.717) is 21.8 Å². The number of nitrogens with one attached hydrogen (secondary N) is 1. The van der Waals surface area contributed by atoms with E-state index in [2.05, 4.69) is 20.2 Å². The smallest absolute Gasteiger partial charge is 0.271 e. The summed E-state index contributed by atoms with van der Waals surface area (Å²) < 4.78 is 29.6. The molecule has 0 atom stereocenters. The summed E-state index contributed by atoms with van der Waals surface area (Å²) in [5.41, 5.74) is 1.28. The molecular formula is C15H15N5O2S2. The summed E-state index contributed by atoms with van der Waals surface area (Å²) in [5, 5.41) is 11.8. The first-order valence-electron chi connectivity index (χ1n) is 7.50. The second-order valence-electron chi connectivity index (χ2n) is 5.73. The Hall–Kier alpha value is -2.26. The van der Waals surface area contributed by atoms with Gasteiger partial charge in [-0.05, 0) is 54.5 Å². The van der Waals surface area contributed by atoms with Gasteiger partial charge in [0.15, 0.2) is 5.82 Å². The van der Waals surface area contributed by atoms with Gasteiger partial charge < -0.3 is 0 Å². The molecule has 1 aliphatic carbocycles. The standard InChI is InChI=1S/C15H15N5O2S2/c1-10-5-8-14(23-10)24(21,22)17-12-4-2-3-11(9-12)15-16-18-19-20(15)13-6-7-13/h2-5,8-9,13,17H,6-7H2,1H3. The van der Waals surface area contributed by atoms with Gasteiger partial charge in [0.05, 0.1) is 6.04 Å². The number of nitrogens with zero attached hydrogens (tertiary/aromatic N) is 4. The lowest BCUT2D eigenvalue weighted by Gasteiger charge is -2.08. The molecule has 0 bridgehead atoms. The number of rotatable bonds is 5. The average Bonchev–Trinajstić information content (AvgIpc) is 3.09. The largest absolute Gasteiger partial charge is 0.279 e. The number of tetrazole rings is 1. The first kappa shape index (κ1) is 15.3. The SMILES string of the molecule is Cc1ccc(S(=O)(=O)Nc2cccc(-c3nnnn3C3CC3)c2)s1. The van der Waals surface area contributed by atoms with Gasteiger partial charge in [0.1, 0.15) is 4.21 Å². The Kier molecular flexibility index (Phi) is 3.61. The number of aromatic nitrogens is 4. The molecule has 24 heavy (non-hydrogen) atoms. The zero-order valence-electron chi connectivity index (χ0n) is 12.9. The van der Waals surface area contributed by atoms with E-state index in [-0.39, 0.29) is 0 Å². The Morgan fingerprint density at radius 2 is 2.08 bits per heavy atom. The van der Waals surface area contributed by atoms with Crippen LogP contribution >= 0.6 is 11.3 Å². The molecule has 3 aromatic rings. The number of thiophene rings is 1. The van der Waals surface area contributed by atoms with Crippen LogP contribution in [0.15, 0.2) is 40.6 Å². The van der Waals surface area contributed by atoms with Gasteiger partial charge in [0, 0.05) is 16.1 Å². The van der Waals surface area contributed by atoms with Crippen molar-refractivity contribution in [2.24, 2.45) is 0 Å². The van der Waals surface area contributed by atoms with E-state index in [0.717, 1.165) is 23.3 Å². The molecule has 4 rings (SSSR count). The van der Waals surface area contributed by atoms with Gasteiger partial charge in [-0.25, -0.2) is 13.1 Å². The molecular weight excluding hydrogens is 346 g/mol. The van der Waals surface area contributed by atoms with Crippen LogP contribution in [-0.2, 0) is 10.0 Å². The number of hydrogen-bond donors (Lipinski definition) is 1. The highest BCUT2D eigenvalue weighted by molar-refractivity contribution is 7.94. The summed E-state index contributed by atoms with van der Waals surface area (Å²) in [6.07, 6.45) is 2.14. The first-order valence-corrected chi connectivity index (χ1v) is 9.80. The lowest BCUT2D eigenvalue weighted by atomic mass is 10.2. The number of hydrogen-bond acceptors (Lipinski definition) is 6. The summed E-state index contributed by atoms with van der Waals surface area (Å²) in [6, 6.07) is 10.9. The third-order valence-electron chi connectivity index (χ3n) is 3.74. The summed E-state index contributed by atoms with van der Waals surface area (Å²) >= 11 is 1.24. The maximum absolute atomic E-state index is 12.5. The van der Waals surface area contributed by atoms with Crippen molar-refractivity contribution in [3.63, 3.8) is 0 Å². The van der Waals surface area contributed by atoms with E-state index < -0.39 is 10.0 Å². The number of aryl methyl sites for hydroxylation is 1. The fraction of sp³-hybridized carbons (Fsp3) is 0.267. The fourth-order valence-corrected chi connectivity index (χ4v) is 4.77. The molecule has 0 amide bonds. The van der Waals surface area contributed by atoms with E-state index in [1.54, 1.807) is 35.0 Å².